The number of nitrogens with zero attached hydrogens (tertiary/aromatic N) is 1. The quantitative estimate of drug-likeness (QED) is 0.0170. The van der Waals surface area contributed by atoms with Gasteiger partial charge in [0.1, 0.15) is 60.4 Å². The van der Waals surface area contributed by atoms with Crippen molar-refractivity contribution in [3.63, 3.8) is 0 Å². The minimum atomic E-state index is -1.95. The number of aliphatic carboxylic acids is 1. The molecule has 26 N–H and O–H groups in total. The van der Waals surface area contributed by atoms with Crippen LogP contribution in [0.3, 0.4) is 0 Å². The van der Waals surface area contributed by atoms with Crippen LogP contribution in [0.5, 0.6) is 0 Å². The summed E-state index contributed by atoms with van der Waals surface area (Å²) in [5.41, 5.74) is 40.0. The monoisotopic (exact) mass is 1410 g/mol. The zero-order chi connectivity index (χ0) is 75.3. The van der Waals surface area contributed by atoms with E-state index in [1.165, 1.54) is 0 Å². The van der Waals surface area contributed by atoms with Crippen LogP contribution in [0.25, 0.3) is 0 Å². The van der Waals surface area contributed by atoms with E-state index < -0.39 is 193 Å². The normalized spacial score (nSPS) is 15.0. The van der Waals surface area contributed by atoms with Crippen LogP contribution >= 0.6 is 0 Å². The maximum atomic E-state index is 14.6. The van der Waals surface area contributed by atoms with Gasteiger partial charge in [-0.2, -0.15) is 0 Å². The number of aliphatic imine (C=N–C) groups is 1. The number of amides is 13. The van der Waals surface area contributed by atoms with Gasteiger partial charge >= 0.3 is 5.97 Å². The highest BCUT2D eigenvalue weighted by molar-refractivity contribution is 6.00. The predicted octanol–water partition coefficient (Wildman–Crippen LogP) is -4.16. The molecule has 100 heavy (non-hydrogen) atoms. The molecule has 34 heteroatoms. The van der Waals surface area contributed by atoms with Gasteiger partial charge in [0.2, 0.25) is 76.8 Å². The summed E-state index contributed by atoms with van der Waals surface area (Å²) in [5, 5.41) is 46.2. The number of carbonyl (C=O) groups excluding carboxylic acids is 13. The highest BCUT2D eigenvalue weighted by Gasteiger charge is 2.39. The molecule has 556 valence electrons. The highest BCUT2D eigenvalue weighted by atomic mass is 16.4. The van der Waals surface area contributed by atoms with E-state index >= 15 is 0 Å². The lowest BCUT2D eigenvalue weighted by molar-refractivity contribution is -0.142. The lowest BCUT2D eigenvalue weighted by atomic mass is 9.96. The first-order valence-electron chi connectivity index (χ1n) is 33.5. The van der Waals surface area contributed by atoms with Crippen LogP contribution in [0.4, 0.5) is 0 Å². The Morgan fingerprint density at radius 1 is 0.430 bits per heavy atom. The largest absolute Gasteiger partial charge is 0.480 e. The van der Waals surface area contributed by atoms with E-state index in [1.807, 2.05) is 13.8 Å². The fraction of sp³-hybridized carbons (Fsp3) is 0.591. The Balaban J connectivity index is 2.55. The van der Waals surface area contributed by atoms with Crippen LogP contribution in [0.2, 0.25) is 0 Å². The minimum Gasteiger partial charge on any atom is -0.480 e. The van der Waals surface area contributed by atoms with Crippen molar-refractivity contribution >= 4 is 88.7 Å². The summed E-state index contributed by atoms with van der Waals surface area (Å²) in [6.45, 7) is 12.0. The maximum Gasteiger partial charge on any atom is 0.326 e. The third-order valence-electron chi connectivity index (χ3n) is 15.9. The number of carbonyl (C=O) groups is 14. The second-order valence-corrected chi connectivity index (χ2v) is 25.6. The summed E-state index contributed by atoms with van der Waals surface area (Å²) < 4.78 is 0. The van der Waals surface area contributed by atoms with Crippen LogP contribution < -0.4 is 93.3 Å². The van der Waals surface area contributed by atoms with E-state index in [9.17, 15) is 77.3 Å². The number of unbranched alkanes of at least 4 members (excludes halogenated alkanes) is 1. The van der Waals surface area contributed by atoms with Crippen LogP contribution in [0.1, 0.15) is 143 Å². The Bertz CT molecular complexity index is 3080. The summed E-state index contributed by atoms with van der Waals surface area (Å²) in [5.74, 6) is -15.6. The van der Waals surface area contributed by atoms with E-state index in [0.717, 1.165) is 6.92 Å². The smallest absolute Gasteiger partial charge is 0.326 e. The van der Waals surface area contributed by atoms with Gasteiger partial charge in [0, 0.05) is 32.2 Å². The Kier molecular flexibility index (Phi) is 38.8. The van der Waals surface area contributed by atoms with Crippen molar-refractivity contribution in [3.05, 3.63) is 71.8 Å². The lowest BCUT2D eigenvalue weighted by Crippen LogP contribution is -2.62. The number of hydrogen-bond acceptors (Lipinski definition) is 18. The minimum absolute atomic E-state index is 0.00640. The number of carboxylic acid groups (broad SMARTS) is 1. The van der Waals surface area contributed by atoms with Gasteiger partial charge in [0.15, 0.2) is 5.96 Å². The third kappa shape index (κ3) is 33.1. The van der Waals surface area contributed by atoms with E-state index in [4.69, 9.17) is 40.1 Å². The van der Waals surface area contributed by atoms with Crippen LogP contribution in [-0.2, 0) is 80.0 Å². The summed E-state index contributed by atoms with van der Waals surface area (Å²) in [7, 11) is 0. The molecule has 2 rings (SSSR count). The summed E-state index contributed by atoms with van der Waals surface area (Å²) >= 11 is 0. The number of aliphatic hydroxyl groups excluding tert-OH is 1. The van der Waals surface area contributed by atoms with Gasteiger partial charge < -0.3 is 104 Å². The molecule has 2 aromatic carbocycles. The van der Waals surface area contributed by atoms with Gasteiger partial charge in [-0.1, -0.05) is 115 Å². The first kappa shape index (κ1) is 86.3. The molecular formula is C66H106N18O16. The molecule has 0 heterocycles. The topological polar surface area (TPSA) is 594 Å². The molecule has 34 nitrogen and oxygen atoms in total. The van der Waals surface area contributed by atoms with Crippen molar-refractivity contribution in [2.75, 3.05) is 13.1 Å². The Morgan fingerprint density at radius 2 is 0.810 bits per heavy atom. The van der Waals surface area contributed by atoms with Crippen molar-refractivity contribution in [2.45, 2.75) is 217 Å². The number of rotatable bonds is 48. The standard InChI is InChI=1S/C66H106N18O16/c1-8-37(6)53(63(97)81-47(32-39-18-11-9-12-19-39)60(94)77-44(65(99)100)23-17-29-74-66(72)73)83-56(90)42(24-26-50(69)86)76-62(96)49(34-52(71)88)80-61(95)48(33-40-20-13-10-14-21-40)82-64(98)54(38(7)85)84-57(91)43(25-27-51(70)87)75-58(92)46(31-36(4)5)79-59(93)45(30-35(2)3)78-55(89)41(68)22-15-16-28-67/h9-14,18-21,35-38,41-49,53-54,85H,8,15-17,22-34,67-68H2,1-7H3,(H2,69,86)(H2,70,87)(H2,71,88)(H,75,92)(H,76,96)(H,77,94)(H,78,89)(H,79,93)(H,80,95)(H,81,97)(H,82,98)(H,83,90)(H,84,91)(H,99,100)(H4,72,73,74)/t37-,38+,41-,42-,43-,44-,45-,46-,47-,48-,49-,53-,54-/m0/s1. The van der Waals surface area contributed by atoms with Gasteiger partial charge in [-0.3, -0.25) is 67.3 Å². The Labute approximate surface area is 582 Å². The fourth-order valence-electron chi connectivity index (χ4n) is 10.2. The average Bonchev–Trinajstić information content (AvgIpc) is 0.851. The van der Waals surface area contributed by atoms with Crippen LogP contribution in [0, 0.1) is 17.8 Å². The van der Waals surface area contributed by atoms with E-state index in [2.05, 4.69) is 58.2 Å². The maximum absolute atomic E-state index is 14.6. The summed E-state index contributed by atoms with van der Waals surface area (Å²) in [6, 6.07) is -0.450. The van der Waals surface area contributed by atoms with Gasteiger partial charge in [-0.05, 0) is 93.7 Å². The summed E-state index contributed by atoms with van der Waals surface area (Å²) in [6.07, 6.45) is -3.31. The molecular weight excluding hydrogens is 1300 g/mol. The number of hydrogen-bond donors (Lipinski definition) is 19. The molecule has 2 aromatic rings. The molecule has 0 aliphatic heterocycles. The van der Waals surface area contributed by atoms with E-state index in [1.54, 1.807) is 88.4 Å². The average molecular weight is 1410 g/mol. The zero-order valence-corrected chi connectivity index (χ0v) is 58.1. The second-order valence-electron chi connectivity index (χ2n) is 25.6. The second kappa shape index (κ2) is 45.0. The zero-order valence-electron chi connectivity index (χ0n) is 58.1. The molecule has 0 spiro atoms. The number of guanidine groups is 1. The Morgan fingerprint density at radius 3 is 1.21 bits per heavy atom. The number of nitrogens with two attached hydrogens (primary N) is 7. The SMILES string of the molecule is CC[C@H](C)[C@H](NC(=O)[C@H](CCC(N)=O)NC(=O)[C@H](CC(N)=O)NC(=O)[C@H](Cc1ccccc1)NC(=O)[C@@H](NC(=O)[C@H](CCC(N)=O)NC(=O)[C@H](CC(C)C)NC(=O)[C@H](CC(C)C)NC(=O)[C@@H](N)CCCCN)[C@@H](C)O)C(=O)N[C@@H](Cc1ccccc1)C(=O)N[C@@H](CCCN=C(N)N)C(=O)O. The molecule has 13 amide bonds. The van der Waals surface area contributed by atoms with E-state index in [-0.39, 0.29) is 69.3 Å². The molecule has 0 saturated heterocycles. The van der Waals surface area contributed by atoms with Gasteiger partial charge in [0.05, 0.1) is 18.6 Å². The molecule has 0 saturated carbocycles. The third-order valence-corrected chi connectivity index (χ3v) is 15.9. The Hall–Kier alpha value is -9.83. The molecule has 13 atom stereocenters. The molecule has 0 aromatic heterocycles. The van der Waals surface area contributed by atoms with Gasteiger partial charge in [0.25, 0.3) is 0 Å². The lowest BCUT2D eigenvalue weighted by Gasteiger charge is -2.30. The first-order valence-corrected chi connectivity index (χ1v) is 33.5. The van der Waals surface area contributed by atoms with E-state index in [0.29, 0.717) is 36.9 Å². The summed E-state index contributed by atoms with van der Waals surface area (Å²) in [4.78, 5) is 195. The number of carboxylic acids is 1. The number of benzene rings is 2. The molecule has 0 bridgehead atoms. The number of primary amides is 3. The van der Waals surface area contributed by atoms with Crippen molar-refractivity contribution in [1.82, 2.24) is 53.2 Å². The van der Waals surface area contributed by atoms with Crippen molar-refractivity contribution in [1.29, 1.82) is 0 Å². The van der Waals surface area contributed by atoms with Gasteiger partial charge in [-0.25, -0.2) is 4.79 Å². The molecule has 0 fully saturated rings. The van der Waals surface area contributed by atoms with Crippen molar-refractivity contribution in [2.24, 2.45) is 62.9 Å². The van der Waals surface area contributed by atoms with Crippen molar-refractivity contribution < 1.29 is 77.3 Å². The number of aliphatic hydroxyl groups is 1. The molecule has 0 unspecified atom stereocenters. The fourth-order valence-corrected chi connectivity index (χ4v) is 10.2. The highest BCUT2D eigenvalue weighted by Crippen LogP contribution is 2.16. The first-order chi connectivity index (χ1) is 47.1. The van der Waals surface area contributed by atoms with Crippen LogP contribution in [0.15, 0.2) is 65.7 Å². The number of nitrogens with one attached hydrogen (secondary N) is 10. The van der Waals surface area contributed by atoms with Crippen molar-refractivity contribution in [3.8, 4) is 0 Å². The van der Waals surface area contributed by atoms with Crippen LogP contribution in [-0.4, -0.2) is 185 Å². The molecule has 0 radical (unpaired) electrons. The van der Waals surface area contributed by atoms with Gasteiger partial charge in [-0.15, -0.1) is 0 Å². The predicted molar refractivity (Wildman–Crippen MR) is 369 cm³/mol. The molecule has 0 aliphatic carbocycles. The molecule has 0 aliphatic rings.